The molecule has 2 aromatic carbocycles. The average Bonchev–Trinajstić information content (AvgIpc) is 3.17. The molecule has 0 N–H and O–H groups in total. The van der Waals surface area contributed by atoms with Gasteiger partial charge < -0.3 is 0 Å². The number of hydrogen-bond acceptors (Lipinski definition) is 4. The number of rotatable bonds is 3. The Hall–Kier alpha value is -2.50. The molecule has 0 saturated carbocycles. The summed E-state index contributed by atoms with van der Waals surface area (Å²) in [5.74, 6) is 0.954. The fourth-order valence-corrected chi connectivity index (χ4v) is 3.94. The summed E-state index contributed by atoms with van der Waals surface area (Å²) in [7, 11) is 0. The second-order valence-corrected chi connectivity index (χ2v) is 7.77. The van der Waals surface area contributed by atoms with E-state index in [2.05, 4.69) is 36.2 Å². The highest BCUT2D eigenvalue weighted by Crippen LogP contribution is 2.26. The summed E-state index contributed by atoms with van der Waals surface area (Å²) in [6.07, 6.45) is 1.89. The van der Waals surface area contributed by atoms with Crippen molar-refractivity contribution in [1.82, 2.24) is 14.6 Å². The number of thiazole rings is 1. The number of fused-ring (bicyclic) bond motifs is 1. The van der Waals surface area contributed by atoms with Crippen LogP contribution in [0.1, 0.15) is 30.9 Å². The van der Waals surface area contributed by atoms with E-state index in [0.717, 1.165) is 5.56 Å². The Morgan fingerprint density at radius 1 is 1.08 bits per heavy atom. The largest absolute Gasteiger partial charge is 0.276 e. The molecule has 0 unspecified atom stereocenters. The summed E-state index contributed by atoms with van der Waals surface area (Å²) >= 11 is 7.59. The van der Waals surface area contributed by atoms with Gasteiger partial charge in [-0.2, -0.15) is 0 Å². The molecule has 0 bridgehead atoms. The molecule has 0 saturated heterocycles. The van der Waals surface area contributed by atoms with Crippen LogP contribution in [-0.2, 0) is 0 Å². The van der Waals surface area contributed by atoms with Gasteiger partial charge in [0.1, 0.15) is 0 Å². The van der Waals surface area contributed by atoms with Crippen LogP contribution in [-0.4, -0.2) is 14.6 Å². The molecule has 0 aliphatic heterocycles. The molecule has 0 spiro atoms. The molecule has 130 valence electrons. The first-order valence-electron chi connectivity index (χ1n) is 8.29. The molecule has 0 aliphatic rings. The van der Waals surface area contributed by atoms with E-state index in [1.54, 1.807) is 6.07 Å². The van der Waals surface area contributed by atoms with E-state index in [1.165, 1.54) is 21.3 Å². The molecule has 0 atom stereocenters. The van der Waals surface area contributed by atoms with Gasteiger partial charge in [0.2, 0.25) is 4.96 Å². The second-order valence-electron chi connectivity index (χ2n) is 6.36. The van der Waals surface area contributed by atoms with Gasteiger partial charge >= 0.3 is 0 Å². The summed E-state index contributed by atoms with van der Waals surface area (Å²) in [6.45, 7) is 4.32. The molecule has 6 heteroatoms. The van der Waals surface area contributed by atoms with Crippen LogP contribution in [0.5, 0.6) is 0 Å². The molecule has 0 amide bonds. The number of nitrogens with zero attached hydrogens (tertiary/aromatic N) is 3. The SMILES string of the molecule is CC(C)c1ccc(/C=c2\sc3nnc(-c4ccccc4Cl)n3c2=O)cc1. The van der Waals surface area contributed by atoms with Crippen LogP contribution in [0.3, 0.4) is 0 Å². The van der Waals surface area contributed by atoms with E-state index >= 15 is 0 Å². The minimum atomic E-state index is -0.127. The van der Waals surface area contributed by atoms with E-state index in [4.69, 9.17) is 11.6 Å². The van der Waals surface area contributed by atoms with Crippen molar-refractivity contribution < 1.29 is 0 Å². The van der Waals surface area contributed by atoms with Crippen LogP contribution in [0.25, 0.3) is 22.4 Å². The van der Waals surface area contributed by atoms with Gasteiger partial charge in [-0.15, -0.1) is 10.2 Å². The summed E-state index contributed by atoms with van der Waals surface area (Å²) in [5.41, 5.74) is 2.83. The molecule has 4 rings (SSSR count). The Kier molecular flexibility index (Phi) is 4.34. The van der Waals surface area contributed by atoms with Gasteiger partial charge in [0.25, 0.3) is 5.56 Å². The summed E-state index contributed by atoms with van der Waals surface area (Å²) < 4.78 is 2.15. The molecule has 0 fully saturated rings. The number of halogens is 1. The van der Waals surface area contributed by atoms with Crippen molar-refractivity contribution in [2.45, 2.75) is 19.8 Å². The summed E-state index contributed by atoms with van der Waals surface area (Å²) in [4.78, 5) is 13.5. The standard InChI is InChI=1S/C20H16ClN3OS/c1-12(2)14-9-7-13(8-10-14)11-17-19(25)24-18(22-23-20(24)26-17)15-5-3-4-6-16(15)21/h3-12H,1-2H3/b17-11-. The molecule has 26 heavy (non-hydrogen) atoms. The van der Waals surface area contributed by atoms with Gasteiger partial charge in [0.05, 0.1) is 9.55 Å². The van der Waals surface area contributed by atoms with Crippen molar-refractivity contribution in [3.8, 4) is 11.4 Å². The lowest BCUT2D eigenvalue weighted by atomic mass is 10.0. The highest BCUT2D eigenvalue weighted by Gasteiger charge is 2.15. The van der Waals surface area contributed by atoms with Crippen molar-refractivity contribution in [2.24, 2.45) is 0 Å². The Balaban J connectivity index is 1.85. The zero-order valence-corrected chi connectivity index (χ0v) is 15.9. The van der Waals surface area contributed by atoms with Crippen LogP contribution in [0, 0.1) is 0 Å². The fourth-order valence-electron chi connectivity index (χ4n) is 2.81. The third-order valence-corrected chi connectivity index (χ3v) is 5.55. The summed E-state index contributed by atoms with van der Waals surface area (Å²) in [5, 5.41) is 8.84. The quantitative estimate of drug-likeness (QED) is 0.535. The zero-order chi connectivity index (χ0) is 18.3. The van der Waals surface area contributed by atoms with E-state index in [1.807, 2.05) is 36.4 Å². The van der Waals surface area contributed by atoms with E-state index < -0.39 is 0 Å². The maximum absolute atomic E-state index is 12.9. The van der Waals surface area contributed by atoms with E-state index in [0.29, 0.717) is 31.8 Å². The lowest BCUT2D eigenvalue weighted by Crippen LogP contribution is -2.23. The first-order valence-corrected chi connectivity index (χ1v) is 9.48. The fraction of sp³-hybridized carbons (Fsp3) is 0.150. The average molecular weight is 382 g/mol. The molecule has 4 nitrogen and oxygen atoms in total. The number of aromatic nitrogens is 3. The first-order chi connectivity index (χ1) is 12.5. The van der Waals surface area contributed by atoms with Crippen LogP contribution in [0.2, 0.25) is 5.02 Å². The Morgan fingerprint density at radius 3 is 2.50 bits per heavy atom. The van der Waals surface area contributed by atoms with Crippen LogP contribution >= 0.6 is 22.9 Å². The van der Waals surface area contributed by atoms with Crippen molar-refractivity contribution in [1.29, 1.82) is 0 Å². The van der Waals surface area contributed by atoms with Crippen LogP contribution < -0.4 is 10.1 Å². The maximum atomic E-state index is 12.9. The molecule has 4 aromatic rings. The van der Waals surface area contributed by atoms with E-state index in [-0.39, 0.29) is 5.56 Å². The third-order valence-electron chi connectivity index (χ3n) is 4.26. The van der Waals surface area contributed by atoms with Gasteiger partial charge in [-0.3, -0.25) is 4.79 Å². The van der Waals surface area contributed by atoms with Gasteiger partial charge in [0.15, 0.2) is 5.82 Å². The zero-order valence-electron chi connectivity index (χ0n) is 14.3. The van der Waals surface area contributed by atoms with E-state index in [9.17, 15) is 4.79 Å². The molecule has 0 aliphatic carbocycles. The normalized spacial score (nSPS) is 12.4. The Morgan fingerprint density at radius 2 is 1.81 bits per heavy atom. The van der Waals surface area contributed by atoms with Crippen LogP contribution in [0.15, 0.2) is 53.3 Å². The smallest absolute Gasteiger partial charge is 0.267 e. The predicted molar refractivity (Wildman–Crippen MR) is 107 cm³/mol. The third kappa shape index (κ3) is 2.93. The Bertz CT molecular complexity index is 1190. The minimum Gasteiger partial charge on any atom is -0.267 e. The molecule has 2 heterocycles. The second kappa shape index (κ2) is 6.67. The highest BCUT2D eigenvalue weighted by molar-refractivity contribution is 7.15. The van der Waals surface area contributed by atoms with Crippen molar-refractivity contribution in [3.05, 3.63) is 79.6 Å². The van der Waals surface area contributed by atoms with Gasteiger partial charge in [0, 0.05) is 5.56 Å². The predicted octanol–water partition coefficient (Wildman–Crippen LogP) is 4.14. The lowest BCUT2D eigenvalue weighted by molar-refractivity contribution is 0.866. The molecular weight excluding hydrogens is 366 g/mol. The topological polar surface area (TPSA) is 47.3 Å². The monoisotopic (exact) mass is 381 g/mol. The lowest BCUT2D eigenvalue weighted by Gasteiger charge is -2.04. The highest BCUT2D eigenvalue weighted by atomic mass is 35.5. The van der Waals surface area contributed by atoms with Gasteiger partial charge in [-0.25, -0.2) is 4.40 Å². The van der Waals surface area contributed by atoms with Gasteiger partial charge in [-0.05, 0) is 35.3 Å². The van der Waals surface area contributed by atoms with Gasteiger partial charge in [-0.1, -0.05) is 73.2 Å². The molecular formula is C20H16ClN3OS. The number of hydrogen-bond donors (Lipinski definition) is 0. The van der Waals surface area contributed by atoms with Crippen molar-refractivity contribution in [2.75, 3.05) is 0 Å². The first kappa shape index (κ1) is 16.9. The van der Waals surface area contributed by atoms with Crippen molar-refractivity contribution in [3.63, 3.8) is 0 Å². The van der Waals surface area contributed by atoms with Crippen LogP contribution in [0.4, 0.5) is 0 Å². The molecule has 2 aromatic heterocycles. The molecule has 0 radical (unpaired) electrons. The summed E-state index contributed by atoms with van der Waals surface area (Å²) in [6, 6.07) is 15.6. The number of benzene rings is 2. The van der Waals surface area contributed by atoms with Crippen molar-refractivity contribution >= 4 is 34.0 Å². The Labute approximate surface area is 159 Å². The minimum absolute atomic E-state index is 0.127. The maximum Gasteiger partial charge on any atom is 0.276 e.